The van der Waals surface area contributed by atoms with Crippen molar-refractivity contribution in [3.8, 4) is 0 Å². The van der Waals surface area contributed by atoms with Crippen molar-refractivity contribution in [2.24, 2.45) is 0 Å². The highest BCUT2D eigenvalue weighted by atomic mass is 32.2. The van der Waals surface area contributed by atoms with Crippen LogP contribution in [0.2, 0.25) is 0 Å². The fourth-order valence-electron chi connectivity index (χ4n) is 4.21. The Morgan fingerprint density at radius 3 is 2.03 bits per heavy atom. The SMILES string of the molecule is O=[N+]1c2ccccc2N(O)[C@H](CSc2nc3ccccc3[nH]2)[C@H]1CSc1nc2ccccc2[nH]1. The van der Waals surface area contributed by atoms with Gasteiger partial charge in [0.05, 0.1) is 27.8 Å². The molecule has 0 saturated carbocycles. The van der Waals surface area contributed by atoms with Gasteiger partial charge in [0.15, 0.2) is 10.3 Å². The van der Waals surface area contributed by atoms with Crippen LogP contribution in [0.1, 0.15) is 0 Å². The molecule has 1 aliphatic rings. The molecule has 0 fully saturated rings. The fraction of sp³-hybridized carbons (Fsp3) is 0.167. The van der Waals surface area contributed by atoms with Crippen LogP contribution in [0, 0.1) is 4.91 Å². The number of imidazole rings is 2. The Morgan fingerprint density at radius 2 is 1.38 bits per heavy atom. The van der Waals surface area contributed by atoms with E-state index in [0.717, 1.165) is 37.1 Å². The quantitative estimate of drug-likeness (QED) is 0.217. The number of benzene rings is 3. The molecule has 3 N–H and O–H groups in total. The Labute approximate surface area is 203 Å². The van der Waals surface area contributed by atoms with Gasteiger partial charge < -0.3 is 9.97 Å². The number of nitrogens with one attached hydrogen (secondary N) is 2. The van der Waals surface area contributed by atoms with Gasteiger partial charge in [0.2, 0.25) is 6.04 Å². The summed E-state index contributed by atoms with van der Waals surface area (Å²) in [6.45, 7) is 0. The first-order valence-corrected chi connectivity index (χ1v) is 12.8. The first kappa shape index (κ1) is 21.2. The summed E-state index contributed by atoms with van der Waals surface area (Å²) in [5.74, 6) is 0.939. The van der Waals surface area contributed by atoms with Crippen LogP contribution in [-0.4, -0.2) is 53.5 Å². The van der Waals surface area contributed by atoms with Crippen LogP contribution in [0.3, 0.4) is 0 Å². The Hall–Kier alpha value is -3.34. The second-order valence-electron chi connectivity index (χ2n) is 8.03. The zero-order valence-electron chi connectivity index (χ0n) is 18.0. The number of anilines is 1. The fourth-order valence-corrected chi connectivity index (χ4v) is 6.27. The number of H-pyrrole nitrogens is 2. The molecule has 2 aromatic heterocycles. The van der Waals surface area contributed by atoms with E-state index in [2.05, 4.69) is 19.9 Å². The van der Waals surface area contributed by atoms with Crippen molar-refractivity contribution >= 4 is 57.0 Å². The lowest BCUT2D eigenvalue weighted by atomic mass is 10.1. The predicted octanol–water partition coefficient (Wildman–Crippen LogP) is 5.38. The van der Waals surface area contributed by atoms with Gasteiger partial charge in [-0.1, -0.05) is 59.9 Å². The van der Waals surface area contributed by atoms with E-state index in [1.54, 1.807) is 12.1 Å². The number of rotatable bonds is 6. The van der Waals surface area contributed by atoms with E-state index in [1.807, 2.05) is 60.7 Å². The van der Waals surface area contributed by atoms with E-state index in [9.17, 15) is 10.1 Å². The largest absolute Gasteiger partial charge is 0.333 e. The molecule has 1 aliphatic heterocycles. The number of aromatic nitrogens is 4. The first-order chi connectivity index (χ1) is 16.7. The highest BCUT2D eigenvalue weighted by Gasteiger charge is 2.47. The number of hydroxylamine groups is 1. The van der Waals surface area contributed by atoms with Crippen molar-refractivity contribution in [3.63, 3.8) is 0 Å². The van der Waals surface area contributed by atoms with Crippen molar-refractivity contribution in [2.45, 2.75) is 22.4 Å². The maximum atomic E-state index is 13.4. The average Bonchev–Trinajstić information content (AvgIpc) is 3.48. The van der Waals surface area contributed by atoms with Gasteiger partial charge in [-0.2, -0.15) is 0 Å². The Balaban J connectivity index is 1.26. The molecule has 0 aliphatic carbocycles. The van der Waals surface area contributed by atoms with E-state index in [-0.39, 0.29) is 0 Å². The van der Waals surface area contributed by atoms with Crippen molar-refractivity contribution in [2.75, 3.05) is 16.6 Å². The number of nitroso groups, excluding NO2 is 1. The van der Waals surface area contributed by atoms with Crippen molar-refractivity contribution < 1.29 is 9.97 Å². The average molecular weight is 490 g/mol. The molecule has 0 unspecified atom stereocenters. The zero-order chi connectivity index (χ0) is 23.1. The number of aromatic amines is 2. The van der Waals surface area contributed by atoms with Crippen molar-refractivity contribution in [1.82, 2.24) is 19.9 Å². The molecule has 0 spiro atoms. The third-order valence-electron chi connectivity index (χ3n) is 5.94. The van der Waals surface area contributed by atoms with Crippen molar-refractivity contribution in [1.29, 1.82) is 0 Å². The molecule has 34 heavy (non-hydrogen) atoms. The molecular formula is C24H21N6O2S2+. The summed E-state index contributed by atoms with van der Waals surface area (Å²) in [4.78, 5) is 29.3. The molecule has 0 bridgehead atoms. The monoisotopic (exact) mass is 489 g/mol. The van der Waals surface area contributed by atoms with Gasteiger partial charge in [-0.15, -0.1) is 0 Å². The molecule has 3 heterocycles. The topological polar surface area (TPSA) is 101 Å². The summed E-state index contributed by atoms with van der Waals surface area (Å²) in [5, 5.41) is 13.9. The van der Waals surface area contributed by atoms with Gasteiger partial charge in [0.1, 0.15) is 11.7 Å². The Morgan fingerprint density at radius 1 is 0.824 bits per heavy atom. The van der Waals surface area contributed by atoms with Gasteiger partial charge >= 0.3 is 0 Å². The zero-order valence-corrected chi connectivity index (χ0v) is 19.6. The number of hydrogen-bond acceptors (Lipinski definition) is 7. The third-order valence-corrected chi connectivity index (χ3v) is 7.89. The Bertz CT molecular complexity index is 1430. The van der Waals surface area contributed by atoms with Gasteiger partial charge in [0.25, 0.3) is 5.69 Å². The highest BCUT2D eigenvalue weighted by molar-refractivity contribution is 7.99. The minimum Gasteiger partial charge on any atom is -0.333 e. The molecule has 0 radical (unpaired) electrons. The van der Waals surface area contributed by atoms with Crippen LogP contribution in [0.5, 0.6) is 0 Å². The normalized spacial score (nSPS) is 18.0. The van der Waals surface area contributed by atoms with Crippen LogP contribution in [0.15, 0.2) is 83.1 Å². The maximum Gasteiger partial charge on any atom is 0.281 e. The lowest BCUT2D eigenvalue weighted by Gasteiger charge is -2.32. The van der Waals surface area contributed by atoms with Gasteiger partial charge in [-0.3, -0.25) is 5.21 Å². The molecule has 2 atom stereocenters. The number of hydrogen-bond donors (Lipinski definition) is 3. The third kappa shape index (κ3) is 3.83. The lowest BCUT2D eigenvalue weighted by Crippen LogP contribution is -2.52. The number of thioether (sulfide) groups is 2. The van der Waals surface area contributed by atoms with Crippen LogP contribution in [-0.2, 0) is 0 Å². The summed E-state index contributed by atoms with van der Waals surface area (Å²) in [7, 11) is 0. The number of para-hydroxylation sites is 6. The standard InChI is InChI=1S/C24H21N6O2S2/c31-29-19-11-5-6-12-20(19)30(32)22(14-34-24-27-17-9-3-4-10-18(17)28-24)21(29)13-33-23-25-15-7-1-2-8-16(15)26-23/h1-12,21-22,31H,13-14H2,(H,25,26)(H,27,28)/q+1/t21-,22-/m1/s1. The minimum atomic E-state index is -0.491. The van der Waals surface area contributed by atoms with Crippen LogP contribution in [0.25, 0.3) is 22.1 Å². The van der Waals surface area contributed by atoms with Gasteiger partial charge in [-0.05, 0) is 30.3 Å². The van der Waals surface area contributed by atoms with Crippen LogP contribution >= 0.6 is 23.5 Å². The molecule has 10 heteroatoms. The highest BCUT2D eigenvalue weighted by Crippen LogP contribution is 2.38. The Kier molecular flexibility index (Phi) is 5.48. The molecular weight excluding hydrogens is 468 g/mol. The summed E-state index contributed by atoms with van der Waals surface area (Å²) >= 11 is 2.98. The van der Waals surface area contributed by atoms with Crippen LogP contribution < -0.4 is 5.06 Å². The minimum absolute atomic E-state index is 0.442. The summed E-state index contributed by atoms with van der Waals surface area (Å²) in [6.07, 6.45) is 0. The molecule has 6 rings (SSSR count). The lowest BCUT2D eigenvalue weighted by molar-refractivity contribution is -0.508. The predicted molar refractivity (Wildman–Crippen MR) is 135 cm³/mol. The molecule has 170 valence electrons. The number of nitrogens with zero attached hydrogens (tertiary/aromatic N) is 4. The summed E-state index contributed by atoms with van der Waals surface area (Å²) in [5.41, 5.74) is 4.67. The second-order valence-corrected chi connectivity index (χ2v) is 10.1. The van der Waals surface area contributed by atoms with E-state index >= 15 is 0 Å². The maximum absolute atomic E-state index is 13.4. The van der Waals surface area contributed by atoms with Crippen LogP contribution in [0.4, 0.5) is 11.4 Å². The number of fused-ring (bicyclic) bond motifs is 3. The van der Waals surface area contributed by atoms with E-state index in [0.29, 0.717) is 22.9 Å². The van der Waals surface area contributed by atoms with E-state index in [4.69, 9.17) is 0 Å². The summed E-state index contributed by atoms with van der Waals surface area (Å²) in [6, 6.07) is 21.9. The molecule has 5 aromatic rings. The molecule has 8 nitrogen and oxygen atoms in total. The van der Waals surface area contributed by atoms with E-state index < -0.39 is 12.1 Å². The second kappa shape index (κ2) is 8.79. The first-order valence-electron chi connectivity index (χ1n) is 10.9. The van der Waals surface area contributed by atoms with Crippen molar-refractivity contribution in [3.05, 3.63) is 77.7 Å². The molecule has 0 amide bonds. The van der Waals surface area contributed by atoms with Gasteiger partial charge in [0, 0.05) is 21.5 Å². The van der Waals surface area contributed by atoms with Gasteiger partial charge in [-0.25, -0.2) is 15.0 Å². The summed E-state index contributed by atoms with van der Waals surface area (Å²) < 4.78 is 1.03. The molecule has 0 saturated heterocycles. The van der Waals surface area contributed by atoms with E-state index in [1.165, 1.54) is 28.6 Å². The molecule has 3 aromatic carbocycles. The smallest absolute Gasteiger partial charge is 0.281 e.